The van der Waals surface area contributed by atoms with Gasteiger partial charge in [-0.3, -0.25) is 15.4 Å². The summed E-state index contributed by atoms with van der Waals surface area (Å²) in [6.07, 6.45) is -3.26. The maximum atomic E-state index is 13.4. The molecule has 0 saturated carbocycles. The van der Waals surface area contributed by atoms with Crippen LogP contribution in [0.5, 0.6) is 0 Å². The van der Waals surface area contributed by atoms with Crippen molar-refractivity contribution in [3.63, 3.8) is 0 Å². The van der Waals surface area contributed by atoms with E-state index in [-0.39, 0.29) is 0 Å². The average molecular weight is 247 g/mol. The largest absolute Gasteiger partial charge is 0.418 e. The summed E-state index contributed by atoms with van der Waals surface area (Å²) in [6.45, 7) is 0.883. The van der Waals surface area contributed by atoms with Gasteiger partial charge in [-0.25, -0.2) is 4.39 Å². The first-order valence-electron chi connectivity index (χ1n) is 4.87. The maximum absolute atomic E-state index is 13.4. The second kappa shape index (κ2) is 4.23. The van der Waals surface area contributed by atoms with Crippen molar-refractivity contribution in [2.75, 3.05) is 18.5 Å². The van der Waals surface area contributed by atoms with Crippen LogP contribution in [0.15, 0.2) is 23.2 Å². The number of alkyl halides is 3. The van der Waals surface area contributed by atoms with E-state index >= 15 is 0 Å². The molecular weight excluding hydrogens is 238 g/mol. The molecule has 1 heterocycles. The molecular formula is C10H9F4N3. The number of hydrogen-bond acceptors (Lipinski definition) is 3. The molecule has 7 heteroatoms. The van der Waals surface area contributed by atoms with Crippen LogP contribution in [0.25, 0.3) is 0 Å². The number of nitrogens with one attached hydrogen (secondary N) is 1. The highest BCUT2D eigenvalue weighted by Gasteiger charge is 2.35. The zero-order valence-corrected chi connectivity index (χ0v) is 8.63. The Morgan fingerprint density at radius 3 is 2.65 bits per heavy atom. The molecule has 92 valence electrons. The average Bonchev–Trinajstić information content (AvgIpc) is 2.72. The third kappa shape index (κ3) is 2.48. The van der Waals surface area contributed by atoms with Crippen LogP contribution in [0.2, 0.25) is 0 Å². The van der Waals surface area contributed by atoms with E-state index in [9.17, 15) is 17.6 Å². The zero-order valence-electron chi connectivity index (χ0n) is 8.63. The Morgan fingerprint density at radius 2 is 2.06 bits per heavy atom. The molecule has 0 amide bonds. The summed E-state index contributed by atoms with van der Waals surface area (Å²) < 4.78 is 51.3. The number of benzene rings is 1. The van der Waals surface area contributed by atoms with Gasteiger partial charge in [0, 0.05) is 0 Å². The third-order valence-electron chi connectivity index (χ3n) is 2.27. The first-order valence-corrected chi connectivity index (χ1v) is 4.87. The standard InChI is InChI=1S/C10H9F4N3/c11-8-3-1-2-7(10(12,13)14)9(8)16-17-5-4-15-6-17/h1-3,6,16H,4-5H2. The van der Waals surface area contributed by atoms with Gasteiger partial charge >= 0.3 is 6.18 Å². The van der Waals surface area contributed by atoms with Crippen molar-refractivity contribution in [1.82, 2.24) is 5.01 Å². The van der Waals surface area contributed by atoms with Gasteiger partial charge < -0.3 is 0 Å². The lowest BCUT2D eigenvalue weighted by Crippen LogP contribution is -2.28. The Balaban J connectivity index is 2.33. The van der Waals surface area contributed by atoms with Crippen LogP contribution in [-0.4, -0.2) is 24.4 Å². The molecule has 1 aliphatic heterocycles. The van der Waals surface area contributed by atoms with Gasteiger partial charge in [-0.05, 0) is 12.1 Å². The van der Waals surface area contributed by atoms with Gasteiger partial charge in [0.05, 0.1) is 18.7 Å². The monoisotopic (exact) mass is 247 g/mol. The highest BCUT2D eigenvalue weighted by Crippen LogP contribution is 2.36. The minimum atomic E-state index is -4.60. The van der Waals surface area contributed by atoms with Gasteiger partial charge in [-0.15, -0.1) is 0 Å². The van der Waals surface area contributed by atoms with Crippen LogP contribution < -0.4 is 5.43 Å². The Morgan fingerprint density at radius 1 is 1.29 bits per heavy atom. The lowest BCUT2D eigenvalue weighted by atomic mass is 10.1. The van der Waals surface area contributed by atoms with Crippen molar-refractivity contribution in [1.29, 1.82) is 0 Å². The number of aliphatic imine (C=N–C) groups is 1. The number of hydrazine groups is 1. The van der Waals surface area contributed by atoms with Gasteiger partial charge in [0.1, 0.15) is 17.8 Å². The lowest BCUT2D eigenvalue weighted by molar-refractivity contribution is -0.137. The van der Waals surface area contributed by atoms with E-state index in [4.69, 9.17) is 0 Å². The SMILES string of the molecule is Fc1cccc(C(F)(F)F)c1NN1C=NCC1. The molecule has 1 aliphatic rings. The molecule has 1 N–H and O–H groups in total. The van der Waals surface area contributed by atoms with E-state index in [2.05, 4.69) is 10.4 Å². The van der Waals surface area contributed by atoms with Crippen molar-refractivity contribution < 1.29 is 17.6 Å². The van der Waals surface area contributed by atoms with Crippen LogP contribution in [0, 0.1) is 5.82 Å². The summed E-state index contributed by atoms with van der Waals surface area (Å²) in [5.41, 5.74) is 0.768. The molecule has 0 unspecified atom stereocenters. The van der Waals surface area contributed by atoms with E-state index in [0.717, 1.165) is 18.2 Å². The van der Waals surface area contributed by atoms with Crippen molar-refractivity contribution in [2.24, 2.45) is 4.99 Å². The molecule has 0 atom stereocenters. The molecule has 17 heavy (non-hydrogen) atoms. The van der Waals surface area contributed by atoms with E-state index in [1.165, 1.54) is 11.3 Å². The molecule has 0 fully saturated rings. The van der Waals surface area contributed by atoms with Crippen LogP contribution >= 0.6 is 0 Å². The van der Waals surface area contributed by atoms with Crippen LogP contribution in [0.1, 0.15) is 5.56 Å². The first kappa shape index (κ1) is 11.7. The summed E-state index contributed by atoms with van der Waals surface area (Å²) in [4.78, 5) is 3.82. The van der Waals surface area contributed by atoms with Crippen LogP contribution in [0.4, 0.5) is 23.2 Å². The summed E-state index contributed by atoms with van der Waals surface area (Å²) in [5, 5.41) is 1.31. The molecule has 1 aromatic carbocycles. The number of halogens is 4. The minimum absolute atomic E-state index is 0.408. The van der Waals surface area contributed by atoms with Gasteiger partial charge in [0.25, 0.3) is 0 Å². The van der Waals surface area contributed by atoms with Crippen molar-refractivity contribution in [3.05, 3.63) is 29.6 Å². The van der Waals surface area contributed by atoms with Gasteiger partial charge in [-0.1, -0.05) is 6.07 Å². The Labute approximate surface area is 94.7 Å². The molecule has 0 saturated heterocycles. The molecule has 2 rings (SSSR count). The number of rotatable bonds is 2. The third-order valence-corrected chi connectivity index (χ3v) is 2.27. The van der Waals surface area contributed by atoms with Crippen molar-refractivity contribution in [3.8, 4) is 0 Å². The van der Waals surface area contributed by atoms with Crippen molar-refractivity contribution in [2.45, 2.75) is 6.18 Å². The van der Waals surface area contributed by atoms with Crippen molar-refractivity contribution >= 4 is 12.0 Å². The fourth-order valence-electron chi connectivity index (χ4n) is 1.48. The Bertz CT molecular complexity index is 442. The first-order chi connectivity index (χ1) is 7.98. The molecule has 0 aromatic heterocycles. The minimum Gasteiger partial charge on any atom is -0.294 e. The van der Waals surface area contributed by atoms with E-state index in [1.54, 1.807) is 0 Å². The molecule has 1 aromatic rings. The highest BCUT2D eigenvalue weighted by atomic mass is 19.4. The fraction of sp³-hybridized carbons (Fsp3) is 0.300. The topological polar surface area (TPSA) is 27.6 Å². The second-order valence-electron chi connectivity index (χ2n) is 3.49. The summed E-state index contributed by atoms with van der Waals surface area (Å²) in [5.74, 6) is -0.944. The van der Waals surface area contributed by atoms with Gasteiger partial charge in [0.15, 0.2) is 0 Å². The quantitative estimate of drug-likeness (QED) is 0.813. The Kier molecular flexibility index (Phi) is 2.91. The number of hydrogen-bond donors (Lipinski definition) is 1. The van der Waals surface area contributed by atoms with E-state index < -0.39 is 23.2 Å². The number of anilines is 1. The number of para-hydroxylation sites is 1. The van der Waals surface area contributed by atoms with Crippen LogP contribution in [0.3, 0.4) is 0 Å². The molecule has 0 bridgehead atoms. The Hall–Kier alpha value is -1.79. The molecule has 0 radical (unpaired) electrons. The zero-order chi connectivity index (χ0) is 12.5. The second-order valence-corrected chi connectivity index (χ2v) is 3.49. The normalized spacial score (nSPS) is 15.4. The van der Waals surface area contributed by atoms with Gasteiger partial charge in [0.2, 0.25) is 0 Å². The predicted molar refractivity (Wildman–Crippen MR) is 55.1 cm³/mol. The fourth-order valence-corrected chi connectivity index (χ4v) is 1.48. The highest BCUT2D eigenvalue weighted by molar-refractivity contribution is 5.63. The van der Waals surface area contributed by atoms with Gasteiger partial charge in [-0.2, -0.15) is 13.2 Å². The summed E-state index contributed by atoms with van der Waals surface area (Å²) in [7, 11) is 0. The lowest BCUT2D eigenvalue weighted by Gasteiger charge is -2.20. The predicted octanol–water partition coefficient (Wildman–Crippen LogP) is 2.52. The molecule has 0 spiro atoms. The molecule has 3 nitrogen and oxygen atoms in total. The van der Waals surface area contributed by atoms with E-state index in [0.29, 0.717) is 13.1 Å². The smallest absolute Gasteiger partial charge is 0.294 e. The molecule has 0 aliphatic carbocycles. The summed E-state index contributed by atoms with van der Waals surface area (Å²) >= 11 is 0. The van der Waals surface area contributed by atoms with E-state index in [1.807, 2.05) is 0 Å². The summed E-state index contributed by atoms with van der Waals surface area (Å²) in [6, 6.07) is 2.84. The maximum Gasteiger partial charge on any atom is 0.418 e. The van der Waals surface area contributed by atoms with Crippen LogP contribution in [-0.2, 0) is 6.18 Å². The number of nitrogens with zero attached hydrogens (tertiary/aromatic N) is 2.